The summed E-state index contributed by atoms with van der Waals surface area (Å²) in [6, 6.07) is 5.74. The van der Waals surface area contributed by atoms with E-state index in [9.17, 15) is 18.0 Å². The minimum Gasteiger partial charge on any atom is -0.383 e. The molecule has 12 heteroatoms. The predicted molar refractivity (Wildman–Crippen MR) is 125 cm³/mol. The molecule has 1 amide bonds. The largest absolute Gasteiger partial charge is 0.433 e. The van der Waals surface area contributed by atoms with Gasteiger partial charge < -0.3 is 10.5 Å². The summed E-state index contributed by atoms with van der Waals surface area (Å²) >= 11 is 0. The number of aromatic nitrogens is 4. The Labute approximate surface area is 207 Å². The molecule has 0 fully saturated rings. The lowest BCUT2D eigenvalue weighted by atomic mass is 10.0. The van der Waals surface area contributed by atoms with Crippen LogP contribution in [0.25, 0.3) is 10.9 Å². The van der Waals surface area contributed by atoms with Gasteiger partial charge in [-0.1, -0.05) is 6.07 Å². The second-order valence-electron chi connectivity index (χ2n) is 9.10. The fourth-order valence-corrected chi connectivity index (χ4v) is 5.09. The average molecular weight is 512 g/mol. The molecule has 0 saturated carbocycles. The number of ether oxygens (including phenoxy) is 1. The second-order valence-corrected chi connectivity index (χ2v) is 9.10. The number of rotatable bonds is 3. The van der Waals surface area contributed by atoms with E-state index in [1.165, 1.54) is 21.7 Å². The van der Waals surface area contributed by atoms with Crippen molar-refractivity contribution in [2.24, 2.45) is 7.05 Å². The van der Waals surface area contributed by atoms with Crippen molar-refractivity contribution in [3.63, 3.8) is 0 Å². The first-order valence-corrected chi connectivity index (χ1v) is 11.5. The third kappa shape index (κ3) is 3.79. The number of alkyl halides is 3. The molecule has 0 saturated heterocycles. The van der Waals surface area contributed by atoms with Gasteiger partial charge in [-0.15, -0.1) is 0 Å². The Morgan fingerprint density at radius 3 is 2.68 bits per heavy atom. The number of aryl methyl sites for hydroxylation is 2. The molecule has 3 aromatic heterocycles. The Hall–Kier alpha value is -4.06. The number of nitrogen functional groups attached to an aromatic ring is 1. The number of halogens is 4. The van der Waals surface area contributed by atoms with Crippen molar-refractivity contribution < 1.29 is 27.1 Å². The van der Waals surface area contributed by atoms with Crippen molar-refractivity contribution in [3.05, 3.63) is 76.0 Å². The van der Waals surface area contributed by atoms with Crippen LogP contribution >= 0.6 is 0 Å². The van der Waals surface area contributed by atoms with Gasteiger partial charge in [-0.25, -0.2) is 14.4 Å². The topological polar surface area (TPSA) is 99.2 Å². The smallest absolute Gasteiger partial charge is 0.383 e. The molecule has 4 aromatic rings. The van der Waals surface area contributed by atoms with Crippen LogP contribution in [0.15, 0.2) is 36.5 Å². The number of carbonyl (C=O) groups is 1. The number of nitrogens with two attached hydrogens (primary N) is 1. The fourth-order valence-electron chi connectivity index (χ4n) is 5.09. The first-order chi connectivity index (χ1) is 17.6. The first kappa shape index (κ1) is 23.3. The molecule has 1 unspecified atom stereocenters. The lowest BCUT2D eigenvalue weighted by Gasteiger charge is -2.28. The van der Waals surface area contributed by atoms with E-state index in [4.69, 9.17) is 10.5 Å². The van der Waals surface area contributed by atoms with Crippen LogP contribution in [-0.2, 0) is 37.6 Å². The molecule has 0 radical (unpaired) electrons. The first-order valence-electron chi connectivity index (χ1n) is 11.5. The number of hydrogen-bond donors (Lipinski definition) is 1. The molecule has 1 atom stereocenters. The molecule has 4 heterocycles. The van der Waals surface area contributed by atoms with Crippen LogP contribution in [0.3, 0.4) is 0 Å². The third-order valence-electron chi connectivity index (χ3n) is 6.84. The molecule has 190 valence electrons. The van der Waals surface area contributed by atoms with E-state index >= 15 is 4.39 Å². The molecule has 37 heavy (non-hydrogen) atoms. The van der Waals surface area contributed by atoms with E-state index in [2.05, 4.69) is 15.1 Å². The average Bonchev–Trinajstić information content (AvgIpc) is 3.59. The summed E-state index contributed by atoms with van der Waals surface area (Å²) in [7, 11) is 1.67. The van der Waals surface area contributed by atoms with Crippen LogP contribution in [0.1, 0.15) is 50.9 Å². The molecular weight excluding hydrogens is 492 g/mol. The number of fused-ring (bicyclic) bond motifs is 4. The van der Waals surface area contributed by atoms with Crippen molar-refractivity contribution in [2.75, 3.05) is 10.6 Å². The van der Waals surface area contributed by atoms with Gasteiger partial charge in [0.15, 0.2) is 5.82 Å². The van der Waals surface area contributed by atoms with Gasteiger partial charge in [0.25, 0.3) is 5.91 Å². The van der Waals surface area contributed by atoms with Gasteiger partial charge in [-0.2, -0.15) is 18.3 Å². The highest BCUT2D eigenvalue weighted by Gasteiger charge is 2.39. The molecular formula is C25H20F4N6O2. The normalized spacial score (nSPS) is 16.7. The van der Waals surface area contributed by atoms with Gasteiger partial charge in [0.2, 0.25) is 0 Å². The summed E-state index contributed by atoms with van der Waals surface area (Å²) in [5, 5.41) is 4.89. The van der Waals surface area contributed by atoms with Gasteiger partial charge in [0.05, 0.1) is 30.3 Å². The van der Waals surface area contributed by atoms with E-state index in [1.807, 2.05) is 0 Å². The Morgan fingerprint density at radius 2 is 1.95 bits per heavy atom. The zero-order valence-corrected chi connectivity index (χ0v) is 19.5. The molecule has 1 aromatic carbocycles. The maximum Gasteiger partial charge on any atom is 0.433 e. The molecule has 2 aliphatic rings. The van der Waals surface area contributed by atoms with Crippen LogP contribution in [0, 0.1) is 5.82 Å². The molecule has 8 nitrogen and oxygen atoms in total. The van der Waals surface area contributed by atoms with Crippen LogP contribution in [-0.4, -0.2) is 25.7 Å². The van der Waals surface area contributed by atoms with Crippen LogP contribution < -0.4 is 10.6 Å². The van der Waals surface area contributed by atoms with Crippen LogP contribution in [0.5, 0.6) is 0 Å². The predicted octanol–water partition coefficient (Wildman–Crippen LogP) is 4.47. The van der Waals surface area contributed by atoms with Gasteiger partial charge >= 0.3 is 6.18 Å². The Morgan fingerprint density at radius 1 is 1.16 bits per heavy atom. The monoisotopic (exact) mass is 512 g/mol. The Kier molecular flexibility index (Phi) is 5.19. The van der Waals surface area contributed by atoms with E-state index < -0.39 is 29.6 Å². The lowest BCUT2D eigenvalue weighted by molar-refractivity contribution is -0.141. The quantitative estimate of drug-likeness (QED) is 0.407. The zero-order chi connectivity index (χ0) is 26.1. The van der Waals surface area contributed by atoms with E-state index in [1.54, 1.807) is 19.3 Å². The number of carbonyl (C=O) groups excluding carboxylic acids is 1. The summed E-state index contributed by atoms with van der Waals surface area (Å²) in [5.74, 6) is -0.982. The van der Waals surface area contributed by atoms with Crippen LogP contribution in [0.2, 0.25) is 0 Å². The lowest BCUT2D eigenvalue weighted by Crippen LogP contribution is -2.35. The number of nitrogens with zero attached hydrogens (tertiary/aromatic N) is 5. The molecule has 0 bridgehead atoms. The van der Waals surface area contributed by atoms with Gasteiger partial charge in [-0.05, 0) is 36.1 Å². The number of benzene rings is 1. The van der Waals surface area contributed by atoms with Crippen molar-refractivity contribution in [2.45, 2.75) is 38.3 Å². The third-order valence-corrected chi connectivity index (χ3v) is 6.84. The Bertz CT molecular complexity index is 1580. The number of anilines is 2. The van der Waals surface area contributed by atoms with E-state index in [0.717, 1.165) is 17.7 Å². The minimum absolute atomic E-state index is 0.216. The van der Waals surface area contributed by atoms with Crippen LogP contribution in [0.4, 0.5) is 29.2 Å². The maximum atomic E-state index is 15.4. The van der Waals surface area contributed by atoms with Crippen molar-refractivity contribution in [1.29, 1.82) is 0 Å². The van der Waals surface area contributed by atoms with E-state index in [-0.39, 0.29) is 42.5 Å². The summed E-state index contributed by atoms with van der Waals surface area (Å²) in [6.45, 7) is 0.529. The van der Waals surface area contributed by atoms with Crippen molar-refractivity contribution in [1.82, 2.24) is 19.7 Å². The summed E-state index contributed by atoms with van der Waals surface area (Å²) < 4.78 is 62.0. The molecule has 2 N–H and O–H groups in total. The fraction of sp³-hybridized carbons (Fsp3) is 0.280. The number of amides is 1. The highest BCUT2D eigenvalue weighted by molar-refractivity contribution is 6.08. The van der Waals surface area contributed by atoms with Crippen molar-refractivity contribution >= 4 is 28.4 Å². The number of pyridine rings is 2. The molecule has 6 rings (SSSR count). The van der Waals surface area contributed by atoms with Gasteiger partial charge in [-0.3, -0.25) is 14.4 Å². The number of hydrogen-bond acceptors (Lipinski definition) is 6. The van der Waals surface area contributed by atoms with Crippen molar-refractivity contribution in [3.8, 4) is 0 Å². The molecule has 0 spiro atoms. The summed E-state index contributed by atoms with van der Waals surface area (Å²) in [4.78, 5) is 23.4. The zero-order valence-electron chi connectivity index (χ0n) is 19.5. The summed E-state index contributed by atoms with van der Waals surface area (Å²) in [5.41, 5.74) is 7.27. The summed E-state index contributed by atoms with van der Waals surface area (Å²) in [6.07, 6.45) is -2.42. The minimum atomic E-state index is -4.58. The SMILES string of the molecule is Cn1ccc(N(C(=O)c2cc3c4c(c(N)nc3cc2F)COC4)C2CCc3nc(C(F)(F)F)ccc32)n1. The van der Waals surface area contributed by atoms with Gasteiger partial charge in [0, 0.05) is 42.0 Å². The van der Waals surface area contributed by atoms with Gasteiger partial charge in [0.1, 0.15) is 17.3 Å². The standard InChI is InChI=1S/C25H20F4N6O2/c1-34-7-6-22(33-34)35(20-4-3-18-12(20)2-5-21(31-18)25(27,28)29)24(36)14-8-13-15-10-37-11-16(15)23(30)32-19(13)9-17(14)26/h2,5-9,20H,3-4,10-11H2,1H3,(H2,30,32). The second kappa shape index (κ2) is 8.23. The highest BCUT2D eigenvalue weighted by Crippen LogP contribution is 2.41. The molecule has 1 aliphatic carbocycles. The molecule has 1 aliphatic heterocycles. The maximum absolute atomic E-state index is 15.4. The van der Waals surface area contributed by atoms with E-state index in [0.29, 0.717) is 28.5 Å². The Balaban J connectivity index is 1.47. The highest BCUT2D eigenvalue weighted by atomic mass is 19.4.